The topological polar surface area (TPSA) is 84.2 Å². The minimum atomic E-state index is -0.306. The number of pyridine rings is 1. The van der Waals surface area contributed by atoms with Crippen molar-refractivity contribution in [1.29, 1.82) is 0 Å². The van der Waals surface area contributed by atoms with Gasteiger partial charge in [0.05, 0.1) is 17.3 Å². The number of carbonyl (C=O) groups is 2. The highest BCUT2D eigenvalue weighted by atomic mass is 16.3. The van der Waals surface area contributed by atoms with E-state index in [2.05, 4.69) is 15.6 Å². The van der Waals surface area contributed by atoms with Gasteiger partial charge in [0.25, 0.3) is 11.8 Å². The van der Waals surface area contributed by atoms with E-state index in [1.807, 2.05) is 31.2 Å². The molecule has 0 aliphatic heterocycles. The van der Waals surface area contributed by atoms with Gasteiger partial charge in [0.15, 0.2) is 5.76 Å². The standard InChI is InChI=1S/C18H17N3O3/c1-12-11-14(13-5-2-3-6-15(13)21-12)17(22)19-8-9-20-18(23)16-7-4-10-24-16/h2-7,10-11H,8-9H2,1H3,(H,19,22)(H,20,23). The molecule has 2 aromatic heterocycles. The summed E-state index contributed by atoms with van der Waals surface area (Å²) < 4.78 is 5.00. The predicted molar refractivity (Wildman–Crippen MR) is 89.9 cm³/mol. The van der Waals surface area contributed by atoms with Gasteiger partial charge in [-0.05, 0) is 31.2 Å². The van der Waals surface area contributed by atoms with Crippen LogP contribution in [0.15, 0.2) is 53.1 Å². The number of amides is 2. The highest BCUT2D eigenvalue weighted by Crippen LogP contribution is 2.17. The van der Waals surface area contributed by atoms with Crippen molar-refractivity contribution in [2.45, 2.75) is 6.92 Å². The van der Waals surface area contributed by atoms with Crippen LogP contribution in [-0.2, 0) is 0 Å². The van der Waals surface area contributed by atoms with Crippen molar-refractivity contribution in [2.75, 3.05) is 13.1 Å². The zero-order chi connectivity index (χ0) is 16.9. The molecular weight excluding hydrogens is 306 g/mol. The number of benzene rings is 1. The van der Waals surface area contributed by atoms with E-state index in [4.69, 9.17) is 4.42 Å². The van der Waals surface area contributed by atoms with Crippen molar-refractivity contribution < 1.29 is 14.0 Å². The molecule has 0 bridgehead atoms. The molecule has 0 atom stereocenters. The smallest absolute Gasteiger partial charge is 0.287 e. The van der Waals surface area contributed by atoms with Gasteiger partial charge < -0.3 is 15.1 Å². The molecule has 0 spiro atoms. The molecule has 0 saturated carbocycles. The normalized spacial score (nSPS) is 10.5. The number of furan rings is 1. The maximum atomic E-state index is 12.4. The Morgan fingerprint density at radius 1 is 1.04 bits per heavy atom. The molecule has 24 heavy (non-hydrogen) atoms. The average Bonchev–Trinajstić information content (AvgIpc) is 3.12. The summed E-state index contributed by atoms with van der Waals surface area (Å²) in [7, 11) is 0. The molecule has 3 aromatic rings. The number of fused-ring (bicyclic) bond motifs is 1. The first-order chi connectivity index (χ1) is 11.6. The highest BCUT2D eigenvalue weighted by molar-refractivity contribution is 6.06. The Labute approximate surface area is 138 Å². The van der Waals surface area contributed by atoms with Gasteiger partial charge in [-0.3, -0.25) is 14.6 Å². The molecule has 2 heterocycles. The second kappa shape index (κ2) is 6.95. The quantitative estimate of drug-likeness (QED) is 0.706. The number of aromatic nitrogens is 1. The van der Waals surface area contributed by atoms with Crippen LogP contribution in [0.3, 0.4) is 0 Å². The average molecular weight is 323 g/mol. The van der Waals surface area contributed by atoms with E-state index < -0.39 is 0 Å². The van der Waals surface area contributed by atoms with Crippen LogP contribution >= 0.6 is 0 Å². The van der Waals surface area contributed by atoms with E-state index >= 15 is 0 Å². The molecular formula is C18H17N3O3. The number of aryl methyl sites for hydroxylation is 1. The van der Waals surface area contributed by atoms with Gasteiger partial charge in [0.1, 0.15) is 0 Å². The fourth-order valence-electron chi connectivity index (χ4n) is 2.44. The van der Waals surface area contributed by atoms with Crippen molar-refractivity contribution in [3.63, 3.8) is 0 Å². The van der Waals surface area contributed by atoms with E-state index in [1.165, 1.54) is 6.26 Å². The van der Waals surface area contributed by atoms with Gasteiger partial charge in [-0.15, -0.1) is 0 Å². The summed E-state index contributed by atoms with van der Waals surface area (Å²) >= 11 is 0. The zero-order valence-corrected chi connectivity index (χ0v) is 13.2. The molecule has 0 aliphatic carbocycles. The molecule has 6 heteroatoms. The third-order valence-electron chi connectivity index (χ3n) is 3.53. The Morgan fingerprint density at radius 3 is 2.54 bits per heavy atom. The molecule has 0 aliphatic rings. The fraction of sp³-hybridized carbons (Fsp3) is 0.167. The molecule has 122 valence electrons. The van der Waals surface area contributed by atoms with Gasteiger partial charge >= 0.3 is 0 Å². The van der Waals surface area contributed by atoms with Gasteiger partial charge in [0.2, 0.25) is 0 Å². The summed E-state index contributed by atoms with van der Waals surface area (Å²) in [6, 6.07) is 12.5. The summed E-state index contributed by atoms with van der Waals surface area (Å²) in [5.74, 6) is -0.250. The first kappa shape index (κ1) is 15.7. The van der Waals surface area contributed by atoms with Crippen LogP contribution in [0, 0.1) is 6.92 Å². The number of para-hydroxylation sites is 1. The number of hydrogen-bond acceptors (Lipinski definition) is 4. The lowest BCUT2D eigenvalue weighted by molar-refractivity contribution is 0.0911. The van der Waals surface area contributed by atoms with E-state index in [0.717, 1.165) is 16.6 Å². The minimum Gasteiger partial charge on any atom is -0.459 e. The van der Waals surface area contributed by atoms with Crippen molar-refractivity contribution in [3.05, 3.63) is 65.7 Å². The van der Waals surface area contributed by atoms with Crippen LogP contribution < -0.4 is 10.6 Å². The van der Waals surface area contributed by atoms with Crippen molar-refractivity contribution in [1.82, 2.24) is 15.6 Å². The van der Waals surface area contributed by atoms with Gasteiger partial charge in [-0.1, -0.05) is 18.2 Å². The largest absolute Gasteiger partial charge is 0.459 e. The molecule has 3 rings (SSSR count). The maximum Gasteiger partial charge on any atom is 0.287 e. The molecule has 0 saturated heterocycles. The maximum absolute atomic E-state index is 12.4. The van der Waals surface area contributed by atoms with Crippen LogP contribution in [0.5, 0.6) is 0 Å². The summed E-state index contributed by atoms with van der Waals surface area (Å²) in [5, 5.41) is 6.29. The Balaban J connectivity index is 1.60. The Bertz CT molecular complexity index is 872. The third-order valence-corrected chi connectivity index (χ3v) is 3.53. The van der Waals surface area contributed by atoms with Crippen LogP contribution in [-0.4, -0.2) is 29.9 Å². The first-order valence-electron chi connectivity index (χ1n) is 7.61. The molecule has 2 N–H and O–H groups in total. The summed E-state index contributed by atoms with van der Waals surface area (Å²) in [6.07, 6.45) is 1.44. The summed E-state index contributed by atoms with van der Waals surface area (Å²) in [5.41, 5.74) is 2.15. The van der Waals surface area contributed by atoms with E-state index in [1.54, 1.807) is 18.2 Å². The number of hydrogen-bond donors (Lipinski definition) is 2. The van der Waals surface area contributed by atoms with Crippen molar-refractivity contribution in [2.24, 2.45) is 0 Å². The second-order valence-corrected chi connectivity index (χ2v) is 5.32. The fourth-order valence-corrected chi connectivity index (χ4v) is 2.44. The lowest BCUT2D eigenvalue weighted by atomic mass is 10.1. The van der Waals surface area contributed by atoms with Crippen LogP contribution in [0.2, 0.25) is 0 Å². The number of nitrogens with zero attached hydrogens (tertiary/aromatic N) is 1. The van der Waals surface area contributed by atoms with E-state index in [-0.39, 0.29) is 17.6 Å². The minimum absolute atomic E-state index is 0.191. The Kier molecular flexibility index (Phi) is 4.56. The van der Waals surface area contributed by atoms with Crippen molar-refractivity contribution in [3.8, 4) is 0 Å². The lowest BCUT2D eigenvalue weighted by Crippen LogP contribution is -2.34. The molecule has 2 amide bonds. The molecule has 6 nitrogen and oxygen atoms in total. The first-order valence-corrected chi connectivity index (χ1v) is 7.61. The zero-order valence-electron chi connectivity index (χ0n) is 13.2. The van der Waals surface area contributed by atoms with Crippen LogP contribution in [0.4, 0.5) is 0 Å². The number of carbonyl (C=O) groups excluding carboxylic acids is 2. The van der Waals surface area contributed by atoms with Crippen LogP contribution in [0.25, 0.3) is 10.9 Å². The van der Waals surface area contributed by atoms with Gasteiger partial charge in [-0.2, -0.15) is 0 Å². The molecule has 1 aromatic carbocycles. The number of rotatable bonds is 5. The van der Waals surface area contributed by atoms with E-state index in [9.17, 15) is 9.59 Å². The van der Waals surface area contributed by atoms with Gasteiger partial charge in [0, 0.05) is 24.2 Å². The Morgan fingerprint density at radius 2 is 1.79 bits per heavy atom. The monoisotopic (exact) mass is 323 g/mol. The third kappa shape index (κ3) is 3.43. The van der Waals surface area contributed by atoms with Crippen molar-refractivity contribution >= 4 is 22.7 Å². The van der Waals surface area contributed by atoms with Crippen LogP contribution in [0.1, 0.15) is 26.6 Å². The molecule has 0 unspecified atom stereocenters. The van der Waals surface area contributed by atoms with E-state index in [0.29, 0.717) is 18.7 Å². The SMILES string of the molecule is Cc1cc(C(=O)NCCNC(=O)c2ccco2)c2ccccc2n1. The highest BCUT2D eigenvalue weighted by Gasteiger charge is 2.12. The Hall–Kier alpha value is -3.15. The summed E-state index contributed by atoms with van der Waals surface area (Å²) in [6.45, 7) is 2.49. The van der Waals surface area contributed by atoms with Gasteiger partial charge in [-0.25, -0.2) is 0 Å². The predicted octanol–water partition coefficient (Wildman–Crippen LogP) is 2.30. The second-order valence-electron chi connectivity index (χ2n) is 5.32. The lowest BCUT2D eigenvalue weighted by Gasteiger charge is -2.09. The number of nitrogens with one attached hydrogen (secondary N) is 2. The molecule has 0 fully saturated rings. The molecule has 0 radical (unpaired) electrons. The summed E-state index contributed by atoms with van der Waals surface area (Å²) in [4.78, 5) is 28.5.